The Morgan fingerprint density at radius 3 is 1.91 bits per heavy atom. The van der Waals surface area contributed by atoms with E-state index in [0.717, 1.165) is 0 Å². The van der Waals surface area contributed by atoms with Gasteiger partial charge in [-0.05, 0) is 48.5 Å². The number of allylic oxidation sites excluding steroid dienone is 2. The van der Waals surface area contributed by atoms with Crippen LogP contribution in [-0.2, 0) is 39.2 Å². The number of carbonyl (C=O) groups is 2. The second-order valence-electron chi connectivity index (χ2n) is 9.44. The monoisotopic (exact) mass is 488 g/mol. The number of rotatable bonds is 10. The number of carbonyl (C=O) groups excluding carboxylic acids is 2. The molecule has 12 heteroatoms. The molecule has 1 heterocycles. The number of aromatic nitrogens is 2. The van der Waals surface area contributed by atoms with E-state index in [1.165, 1.54) is 22.9 Å². The normalized spacial score (nSPS) is 13.0. The van der Waals surface area contributed by atoms with Gasteiger partial charge in [-0.25, -0.2) is 4.79 Å². The Bertz CT molecular complexity index is 990. The summed E-state index contributed by atoms with van der Waals surface area (Å²) in [7, 11) is -3.89. The lowest BCUT2D eigenvalue weighted by Crippen LogP contribution is -2.28. The highest BCUT2D eigenvalue weighted by Crippen LogP contribution is 2.48. The molecular formula is C21H33N2O9P. The van der Waals surface area contributed by atoms with Crippen LogP contribution in [0.3, 0.4) is 0 Å². The maximum Gasteiger partial charge on any atom is 0.340 e. The third-order valence-electron chi connectivity index (χ3n) is 4.08. The van der Waals surface area contributed by atoms with Crippen LogP contribution in [0.4, 0.5) is 0 Å². The van der Waals surface area contributed by atoms with E-state index in [4.69, 9.17) is 18.5 Å². The molecule has 0 spiro atoms. The van der Waals surface area contributed by atoms with Gasteiger partial charge in [-0.1, -0.05) is 11.6 Å². The lowest BCUT2D eigenvalue weighted by atomic mass is 9.98. The predicted octanol–water partition coefficient (Wildman–Crippen LogP) is 2.80. The van der Waals surface area contributed by atoms with Gasteiger partial charge in [0.25, 0.3) is 5.56 Å². The first kappa shape index (κ1) is 28.5. The second-order valence-corrected chi connectivity index (χ2v) is 11.5. The third-order valence-corrected chi connectivity index (χ3v) is 5.71. The summed E-state index contributed by atoms with van der Waals surface area (Å²) in [6, 6.07) is 1.21. The quantitative estimate of drug-likeness (QED) is 0.228. The number of H-pyrrole nitrogens is 1. The summed E-state index contributed by atoms with van der Waals surface area (Å²) in [5.41, 5.74) is -2.05. The number of esters is 2. The Kier molecular flexibility index (Phi) is 10.0. The number of ether oxygens (including phenoxy) is 2. The molecule has 1 aromatic rings. The highest BCUT2D eigenvalue weighted by Gasteiger charge is 2.29. The molecule has 0 atom stereocenters. The summed E-state index contributed by atoms with van der Waals surface area (Å²) in [5.74, 6) is -1.12. The number of hydrogen-bond acceptors (Lipinski definition) is 9. The molecule has 186 valence electrons. The molecule has 0 saturated heterocycles. The highest BCUT2D eigenvalue weighted by molar-refractivity contribution is 7.54. The van der Waals surface area contributed by atoms with E-state index in [-0.39, 0.29) is 12.7 Å². The van der Waals surface area contributed by atoms with Crippen LogP contribution in [0.25, 0.3) is 0 Å². The highest BCUT2D eigenvalue weighted by atomic mass is 31.2. The van der Waals surface area contributed by atoms with Crippen LogP contribution in [0.15, 0.2) is 33.5 Å². The van der Waals surface area contributed by atoms with Crippen molar-refractivity contribution >= 4 is 19.5 Å². The van der Waals surface area contributed by atoms with E-state index in [9.17, 15) is 23.7 Å². The van der Waals surface area contributed by atoms with Gasteiger partial charge in [-0.2, -0.15) is 0 Å². The van der Waals surface area contributed by atoms with Gasteiger partial charge >= 0.3 is 25.2 Å². The first-order chi connectivity index (χ1) is 15.0. The zero-order valence-corrected chi connectivity index (χ0v) is 21.0. The van der Waals surface area contributed by atoms with Crippen molar-refractivity contribution < 1.29 is 32.7 Å². The van der Waals surface area contributed by atoms with Crippen molar-refractivity contribution in [1.82, 2.24) is 9.55 Å². The van der Waals surface area contributed by atoms with Crippen molar-refractivity contribution in [2.24, 2.45) is 10.8 Å². The average Bonchev–Trinajstić information content (AvgIpc) is 2.67. The second kappa shape index (κ2) is 11.6. The summed E-state index contributed by atoms with van der Waals surface area (Å²) in [6.45, 7) is 10.5. The molecule has 0 unspecified atom stereocenters. The maximum absolute atomic E-state index is 13.2. The van der Waals surface area contributed by atoms with E-state index >= 15 is 0 Å². The van der Waals surface area contributed by atoms with Gasteiger partial charge in [0.2, 0.25) is 13.6 Å². The largest absolute Gasteiger partial charge is 0.438 e. The van der Waals surface area contributed by atoms with Crippen molar-refractivity contribution in [1.29, 1.82) is 0 Å². The van der Waals surface area contributed by atoms with E-state index < -0.39 is 55.2 Å². The fourth-order valence-corrected chi connectivity index (χ4v) is 3.31. The molecule has 0 radical (unpaired) electrons. The molecule has 0 aliphatic rings. The maximum atomic E-state index is 13.2. The molecule has 1 rings (SSSR count). The van der Waals surface area contributed by atoms with Gasteiger partial charge < -0.3 is 9.47 Å². The van der Waals surface area contributed by atoms with Crippen LogP contribution >= 0.6 is 7.60 Å². The molecule has 0 fully saturated rings. The van der Waals surface area contributed by atoms with E-state index in [1.54, 1.807) is 48.5 Å². The zero-order valence-electron chi connectivity index (χ0n) is 20.1. The first-order valence-corrected chi connectivity index (χ1v) is 11.9. The van der Waals surface area contributed by atoms with Gasteiger partial charge in [0.05, 0.1) is 17.0 Å². The lowest BCUT2D eigenvalue weighted by molar-refractivity contribution is -0.161. The molecule has 0 bridgehead atoms. The Balaban J connectivity index is 2.88. The number of nitrogens with zero attached hydrogens (tertiary/aromatic N) is 1. The van der Waals surface area contributed by atoms with Gasteiger partial charge in [0, 0.05) is 18.8 Å². The predicted molar refractivity (Wildman–Crippen MR) is 121 cm³/mol. The van der Waals surface area contributed by atoms with Crippen LogP contribution < -0.4 is 11.2 Å². The van der Waals surface area contributed by atoms with Crippen molar-refractivity contribution in [3.8, 4) is 0 Å². The summed E-state index contributed by atoms with van der Waals surface area (Å²) >= 11 is 0. The van der Waals surface area contributed by atoms with Gasteiger partial charge in [-0.15, -0.1) is 0 Å². The summed E-state index contributed by atoms with van der Waals surface area (Å²) in [4.78, 5) is 49.0. The van der Waals surface area contributed by atoms with E-state index in [2.05, 4.69) is 4.98 Å². The topological polar surface area (TPSA) is 143 Å². The van der Waals surface area contributed by atoms with Crippen molar-refractivity contribution in [3.63, 3.8) is 0 Å². The Morgan fingerprint density at radius 2 is 1.48 bits per heavy atom. The lowest BCUT2D eigenvalue weighted by Gasteiger charge is -2.21. The van der Waals surface area contributed by atoms with Gasteiger partial charge in [-0.3, -0.25) is 37.5 Å². The first-order valence-electron chi connectivity index (χ1n) is 10.2. The Hall–Kier alpha value is -2.49. The summed E-state index contributed by atoms with van der Waals surface area (Å²) < 4.78 is 34.9. The third kappa shape index (κ3) is 10.3. The fraction of sp³-hybridized carbons (Fsp3) is 0.619. The Morgan fingerprint density at radius 1 is 1.00 bits per heavy atom. The smallest absolute Gasteiger partial charge is 0.340 e. The van der Waals surface area contributed by atoms with Crippen LogP contribution in [0.1, 0.15) is 48.5 Å². The summed E-state index contributed by atoms with van der Waals surface area (Å²) in [5, 5.41) is 0. The zero-order chi connectivity index (χ0) is 25.4. The van der Waals surface area contributed by atoms with Crippen molar-refractivity contribution in [3.05, 3.63) is 44.8 Å². The molecule has 0 aliphatic heterocycles. The average molecular weight is 488 g/mol. The summed E-state index contributed by atoms with van der Waals surface area (Å²) in [6.07, 6.45) is 2.62. The minimum Gasteiger partial charge on any atom is -0.438 e. The van der Waals surface area contributed by atoms with Crippen molar-refractivity contribution in [2.75, 3.05) is 19.7 Å². The molecule has 1 N–H and O–H groups in total. The molecule has 0 aliphatic carbocycles. The molecular weight excluding hydrogens is 455 g/mol. The van der Waals surface area contributed by atoms with Crippen LogP contribution in [0.2, 0.25) is 0 Å². The van der Waals surface area contributed by atoms with Crippen molar-refractivity contribution in [2.45, 2.75) is 55.0 Å². The molecule has 11 nitrogen and oxygen atoms in total. The van der Waals surface area contributed by atoms with Crippen LogP contribution in [0.5, 0.6) is 0 Å². The van der Waals surface area contributed by atoms with Crippen LogP contribution in [-0.4, -0.2) is 41.2 Å². The standard InChI is InChI=1S/C21H33N2O9P/c1-15(12-23-10-8-16(24)22-19(23)27)9-11-33(28,31-13-29-17(25)20(2,3)4)32-14-30-18(26)21(5,6)7/h8-10H,11-14H2,1-7H3,(H,22,24,27)/b15-9-. The molecule has 1 aromatic heterocycles. The number of nitrogens with one attached hydrogen (secondary N) is 1. The van der Waals surface area contributed by atoms with Gasteiger partial charge in [0.15, 0.2) is 0 Å². The molecule has 0 aromatic carbocycles. The number of aromatic amines is 1. The molecule has 33 heavy (non-hydrogen) atoms. The molecule has 0 saturated carbocycles. The minimum absolute atomic E-state index is 0.119. The van der Waals surface area contributed by atoms with Gasteiger partial charge in [0.1, 0.15) is 0 Å². The van der Waals surface area contributed by atoms with E-state index in [0.29, 0.717) is 5.57 Å². The van der Waals surface area contributed by atoms with Crippen LogP contribution in [0, 0.1) is 10.8 Å². The van der Waals surface area contributed by atoms with E-state index in [1.807, 2.05) is 0 Å². The Labute approximate surface area is 192 Å². The number of hydrogen-bond donors (Lipinski definition) is 1. The molecule has 0 amide bonds. The fourth-order valence-electron chi connectivity index (χ4n) is 2.07. The SMILES string of the molecule is C/C(=C/CP(=O)(OCOC(=O)C(C)(C)C)OCOC(=O)C(C)(C)C)Cn1ccc(=O)[nH]c1=O. The minimum atomic E-state index is -3.89.